The maximum absolute atomic E-state index is 12.7. The van der Waals surface area contributed by atoms with Crippen molar-refractivity contribution in [3.05, 3.63) is 16.1 Å². The molecule has 1 amide bonds. The van der Waals surface area contributed by atoms with E-state index in [-0.39, 0.29) is 11.9 Å². The number of amides is 1. The number of benzene rings is 1. The van der Waals surface area contributed by atoms with Gasteiger partial charge < -0.3 is 19.5 Å². The van der Waals surface area contributed by atoms with Gasteiger partial charge in [-0.25, -0.2) is 0 Å². The molecule has 0 bridgehead atoms. The van der Waals surface area contributed by atoms with Crippen LogP contribution in [0.5, 0.6) is 17.2 Å². The Hall–Kier alpha value is -1.43. The third-order valence-electron chi connectivity index (χ3n) is 4.20. The predicted molar refractivity (Wildman–Crippen MR) is 92.8 cm³/mol. The lowest BCUT2D eigenvalue weighted by atomic mass is 10.1. The van der Waals surface area contributed by atoms with E-state index >= 15 is 0 Å². The Bertz CT molecular complexity index is 554. The van der Waals surface area contributed by atoms with Gasteiger partial charge in [0.1, 0.15) is 0 Å². The SMILES string of the molecule is COc1cc(C(=O)NC2CCCCCC2)c(Br)c(OC)c1OC. The Morgan fingerprint density at radius 1 is 1.04 bits per heavy atom. The van der Waals surface area contributed by atoms with Crippen LogP contribution in [0.3, 0.4) is 0 Å². The van der Waals surface area contributed by atoms with Gasteiger partial charge in [0, 0.05) is 6.04 Å². The van der Waals surface area contributed by atoms with E-state index in [9.17, 15) is 4.79 Å². The molecule has 6 heteroatoms. The minimum Gasteiger partial charge on any atom is -0.493 e. The van der Waals surface area contributed by atoms with Crippen molar-refractivity contribution in [3.8, 4) is 17.2 Å². The van der Waals surface area contributed by atoms with Crippen LogP contribution in [-0.4, -0.2) is 33.3 Å². The molecule has 23 heavy (non-hydrogen) atoms. The van der Waals surface area contributed by atoms with Gasteiger partial charge in [-0.1, -0.05) is 25.7 Å². The minimum atomic E-state index is -0.122. The number of halogens is 1. The first-order valence-electron chi connectivity index (χ1n) is 7.91. The zero-order chi connectivity index (χ0) is 16.8. The third kappa shape index (κ3) is 4.10. The van der Waals surface area contributed by atoms with Gasteiger partial charge in [-0.05, 0) is 34.8 Å². The summed E-state index contributed by atoms with van der Waals surface area (Å²) in [7, 11) is 4.62. The molecular formula is C17H24BrNO4. The minimum absolute atomic E-state index is 0.122. The zero-order valence-corrected chi connectivity index (χ0v) is 15.5. The molecule has 0 saturated heterocycles. The molecule has 1 fully saturated rings. The van der Waals surface area contributed by atoms with Gasteiger partial charge in [0.15, 0.2) is 11.5 Å². The normalized spacial score (nSPS) is 15.7. The monoisotopic (exact) mass is 385 g/mol. The van der Waals surface area contributed by atoms with Crippen LogP contribution in [-0.2, 0) is 0 Å². The number of hydrogen-bond acceptors (Lipinski definition) is 4. The quantitative estimate of drug-likeness (QED) is 0.780. The van der Waals surface area contributed by atoms with Crippen LogP contribution in [0.4, 0.5) is 0 Å². The van der Waals surface area contributed by atoms with E-state index in [1.165, 1.54) is 47.0 Å². The highest BCUT2D eigenvalue weighted by atomic mass is 79.9. The predicted octanol–water partition coefficient (Wildman–Crippen LogP) is 3.93. The number of methoxy groups -OCH3 is 3. The van der Waals surface area contributed by atoms with Crippen molar-refractivity contribution in [2.45, 2.75) is 44.6 Å². The van der Waals surface area contributed by atoms with E-state index in [2.05, 4.69) is 21.2 Å². The first-order chi connectivity index (χ1) is 11.1. The van der Waals surface area contributed by atoms with Crippen LogP contribution < -0.4 is 19.5 Å². The molecule has 2 rings (SSSR count). The molecule has 0 spiro atoms. The molecule has 1 saturated carbocycles. The van der Waals surface area contributed by atoms with Crippen LogP contribution >= 0.6 is 15.9 Å². The molecule has 1 aliphatic rings. The summed E-state index contributed by atoms with van der Waals surface area (Å²) in [5, 5.41) is 3.14. The lowest BCUT2D eigenvalue weighted by Crippen LogP contribution is -2.34. The van der Waals surface area contributed by atoms with Crippen molar-refractivity contribution in [1.82, 2.24) is 5.32 Å². The average Bonchev–Trinajstić information content (AvgIpc) is 2.82. The molecule has 0 radical (unpaired) electrons. The number of carbonyl (C=O) groups excluding carboxylic acids is 1. The fraction of sp³-hybridized carbons (Fsp3) is 0.588. The van der Waals surface area contributed by atoms with Crippen LogP contribution in [0.25, 0.3) is 0 Å². The summed E-state index contributed by atoms with van der Waals surface area (Å²) in [5.74, 6) is 1.27. The van der Waals surface area contributed by atoms with E-state index < -0.39 is 0 Å². The standard InChI is InChI=1S/C17H24BrNO4/c1-21-13-10-12(14(18)16(23-3)15(13)22-2)17(20)19-11-8-6-4-5-7-9-11/h10-11H,4-9H2,1-3H3,(H,19,20). The highest BCUT2D eigenvalue weighted by molar-refractivity contribution is 9.10. The molecule has 1 aromatic rings. The first kappa shape index (κ1) is 17.9. The summed E-state index contributed by atoms with van der Waals surface area (Å²) < 4.78 is 16.6. The highest BCUT2D eigenvalue weighted by Gasteiger charge is 2.24. The Morgan fingerprint density at radius 2 is 1.65 bits per heavy atom. The summed E-state index contributed by atoms with van der Waals surface area (Å²) in [6.45, 7) is 0. The second kappa shape index (κ2) is 8.43. The second-order valence-corrected chi connectivity index (χ2v) is 6.46. The van der Waals surface area contributed by atoms with Crippen molar-refractivity contribution >= 4 is 21.8 Å². The van der Waals surface area contributed by atoms with Gasteiger partial charge in [-0.15, -0.1) is 0 Å². The smallest absolute Gasteiger partial charge is 0.252 e. The Labute approximate surface area is 145 Å². The van der Waals surface area contributed by atoms with Gasteiger partial charge in [-0.3, -0.25) is 4.79 Å². The Morgan fingerprint density at radius 3 is 2.17 bits per heavy atom. The molecule has 0 heterocycles. The number of ether oxygens (including phenoxy) is 3. The van der Waals surface area contributed by atoms with Gasteiger partial charge in [-0.2, -0.15) is 0 Å². The molecule has 0 aromatic heterocycles. The molecule has 1 aliphatic carbocycles. The maximum atomic E-state index is 12.7. The zero-order valence-electron chi connectivity index (χ0n) is 13.9. The lowest BCUT2D eigenvalue weighted by Gasteiger charge is -2.19. The van der Waals surface area contributed by atoms with E-state index in [1.54, 1.807) is 6.07 Å². The second-order valence-electron chi connectivity index (χ2n) is 5.67. The van der Waals surface area contributed by atoms with Crippen molar-refractivity contribution in [2.24, 2.45) is 0 Å². The number of hydrogen-bond donors (Lipinski definition) is 1. The average molecular weight is 386 g/mol. The summed E-state index contributed by atoms with van der Waals surface area (Å²) in [4.78, 5) is 12.7. The number of carbonyl (C=O) groups is 1. The largest absolute Gasteiger partial charge is 0.493 e. The van der Waals surface area contributed by atoms with E-state index in [1.807, 2.05) is 0 Å². The molecule has 0 aliphatic heterocycles. The Kier molecular flexibility index (Phi) is 6.57. The van der Waals surface area contributed by atoms with Crippen molar-refractivity contribution in [1.29, 1.82) is 0 Å². The molecular weight excluding hydrogens is 362 g/mol. The number of rotatable bonds is 5. The van der Waals surface area contributed by atoms with Crippen molar-refractivity contribution in [2.75, 3.05) is 21.3 Å². The molecule has 0 atom stereocenters. The van der Waals surface area contributed by atoms with Crippen LogP contribution in [0.2, 0.25) is 0 Å². The molecule has 1 aromatic carbocycles. The fourth-order valence-electron chi connectivity index (χ4n) is 2.97. The number of nitrogens with one attached hydrogen (secondary N) is 1. The van der Waals surface area contributed by atoms with Gasteiger partial charge >= 0.3 is 0 Å². The molecule has 5 nitrogen and oxygen atoms in total. The lowest BCUT2D eigenvalue weighted by molar-refractivity contribution is 0.0931. The van der Waals surface area contributed by atoms with Gasteiger partial charge in [0.05, 0.1) is 31.4 Å². The van der Waals surface area contributed by atoms with E-state index in [0.29, 0.717) is 27.3 Å². The molecule has 1 N–H and O–H groups in total. The first-order valence-corrected chi connectivity index (χ1v) is 8.71. The third-order valence-corrected chi connectivity index (χ3v) is 4.99. The van der Waals surface area contributed by atoms with Gasteiger partial charge in [0.2, 0.25) is 5.75 Å². The van der Waals surface area contributed by atoms with Crippen LogP contribution in [0.1, 0.15) is 48.9 Å². The fourth-order valence-corrected chi connectivity index (χ4v) is 3.61. The summed E-state index contributed by atoms with van der Waals surface area (Å²) >= 11 is 3.46. The van der Waals surface area contributed by atoms with Crippen LogP contribution in [0.15, 0.2) is 10.5 Å². The highest BCUT2D eigenvalue weighted by Crippen LogP contribution is 2.44. The van der Waals surface area contributed by atoms with E-state index in [0.717, 1.165) is 12.8 Å². The summed E-state index contributed by atoms with van der Waals surface area (Å²) in [6, 6.07) is 1.91. The molecule has 0 unspecified atom stereocenters. The maximum Gasteiger partial charge on any atom is 0.252 e. The molecule has 128 valence electrons. The van der Waals surface area contributed by atoms with E-state index in [4.69, 9.17) is 14.2 Å². The van der Waals surface area contributed by atoms with Crippen molar-refractivity contribution < 1.29 is 19.0 Å². The van der Waals surface area contributed by atoms with Crippen LogP contribution in [0, 0.1) is 0 Å². The summed E-state index contributed by atoms with van der Waals surface area (Å²) in [5.41, 5.74) is 0.490. The Balaban J connectivity index is 2.28. The van der Waals surface area contributed by atoms with Crippen molar-refractivity contribution in [3.63, 3.8) is 0 Å². The topological polar surface area (TPSA) is 56.8 Å². The van der Waals surface area contributed by atoms with Gasteiger partial charge in [0.25, 0.3) is 5.91 Å². The summed E-state index contributed by atoms with van der Waals surface area (Å²) in [6.07, 6.45) is 6.91.